The van der Waals surface area contributed by atoms with Gasteiger partial charge in [-0.25, -0.2) is 0 Å². The fraction of sp³-hybridized carbons (Fsp3) is 0.636. The van der Waals surface area contributed by atoms with E-state index in [2.05, 4.69) is 4.98 Å². The van der Waals surface area contributed by atoms with Gasteiger partial charge in [-0.15, -0.1) is 0 Å². The molecule has 1 aromatic heterocycles. The number of rotatable bonds is 4. The van der Waals surface area contributed by atoms with E-state index in [0.29, 0.717) is 0 Å². The van der Waals surface area contributed by atoms with Crippen molar-refractivity contribution >= 4 is 12.2 Å². The molecular formula is C11H17N3O6S. The minimum absolute atomic E-state index is 0.0121. The first kappa shape index (κ1) is 16.2. The summed E-state index contributed by atoms with van der Waals surface area (Å²) in [6.07, 6.45) is -4.26. The molecule has 0 aliphatic carbocycles. The zero-order chi connectivity index (χ0) is 15.7. The van der Waals surface area contributed by atoms with Crippen LogP contribution >= 0.6 is 12.2 Å². The summed E-state index contributed by atoms with van der Waals surface area (Å²) in [5, 5.41) is 28.8. The van der Waals surface area contributed by atoms with E-state index in [9.17, 15) is 15.0 Å². The molecular weight excluding hydrogens is 302 g/mol. The number of methoxy groups -OCH3 is 1. The number of hydrogen-bond acceptors (Lipinski definition) is 8. The highest BCUT2D eigenvalue weighted by Crippen LogP contribution is 2.29. The van der Waals surface area contributed by atoms with Gasteiger partial charge in [0, 0.05) is 13.3 Å². The fourth-order valence-electron chi connectivity index (χ4n) is 2.13. The van der Waals surface area contributed by atoms with Crippen molar-refractivity contribution in [1.82, 2.24) is 9.55 Å². The van der Waals surface area contributed by atoms with Crippen molar-refractivity contribution in [2.75, 3.05) is 13.7 Å². The van der Waals surface area contributed by atoms with E-state index in [1.165, 1.54) is 17.9 Å². The highest BCUT2D eigenvalue weighted by atomic mass is 32.1. The third-order valence-corrected chi connectivity index (χ3v) is 3.66. The van der Waals surface area contributed by atoms with Crippen molar-refractivity contribution in [1.29, 1.82) is 0 Å². The van der Waals surface area contributed by atoms with E-state index in [1.54, 1.807) is 0 Å². The van der Waals surface area contributed by atoms with Crippen LogP contribution in [-0.2, 0) is 9.47 Å². The van der Waals surface area contributed by atoms with E-state index < -0.39 is 42.9 Å². The maximum atomic E-state index is 11.8. The Morgan fingerprint density at radius 1 is 1.57 bits per heavy atom. The molecule has 5 atom stereocenters. The van der Waals surface area contributed by atoms with E-state index in [0.717, 1.165) is 0 Å². The molecule has 1 aliphatic heterocycles. The number of aliphatic hydroxyl groups excluding tert-OH is 3. The molecule has 0 saturated carbocycles. The number of nitrogens with two attached hydrogens (primary N) is 1. The topological polar surface area (TPSA) is 143 Å². The lowest BCUT2D eigenvalue weighted by Gasteiger charge is -2.20. The minimum atomic E-state index is -1.31. The molecule has 1 saturated heterocycles. The van der Waals surface area contributed by atoms with Crippen LogP contribution in [0.5, 0.6) is 0 Å². The van der Waals surface area contributed by atoms with Gasteiger partial charge in [0.05, 0.1) is 12.2 Å². The van der Waals surface area contributed by atoms with Crippen LogP contribution in [0.15, 0.2) is 11.0 Å². The molecule has 6 N–H and O–H groups in total. The number of nitrogens with zero attached hydrogens (tertiary/aromatic N) is 1. The highest BCUT2D eigenvalue weighted by Gasteiger charge is 2.43. The summed E-state index contributed by atoms with van der Waals surface area (Å²) in [6.45, 7) is -0.462. The number of ether oxygens (including phenoxy) is 2. The molecule has 2 heterocycles. The zero-order valence-corrected chi connectivity index (χ0v) is 12.0. The van der Waals surface area contributed by atoms with Crippen LogP contribution in [0.3, 0.4) is 0 Å². The van der Waals surface area contributed by atoms with Crippen LogP contribution in [0, 0.1) is 4.77 Å². The number of aromatic nitrogens is 2. The van der Waals surface area contributed by atoms with E-state index in [-0.39, 0.29) is 10.3 Å². The third kappa shape index (κ3) is 2.92. The molecule has 0 bridgehead atoms. The average Bonchev–Trinajstić information content (AvgIpc) is 2.74. The van der Waals surface area contributed by atoms with Crippen LogP contribution < -0.4 is 11.3 Å². The second kappa shape index (κ2) is 6.32. The highest BCUT2D eigenvalue weighted by molar-refractivity contribution is 7.71. The summed E-state index contributed by atoms with van der Waals surface area (Å²) in [6, 6.07) is 0. The molecule has 0 aromatic carbocycles. The van der Waals surface area contributed by atoms with Gasteiger partial charge in [0.25, 0.3) is 5.56 Å². The Morgan fingerprint density at radius 2 is 2.24 bits per heavy atom. The normalized spacial score (nSPS) is 30.5. The van der Waals surface area contributed by atoms with Crippen molar-refractivity contribution in [3.8, 4) is 0 Å². The van der Waals surface area contributed by atoms with Gasteiger partial charge in [-0.05, 0) is 12.2 Å². The van der Waals surface area contributed by atoms with Crippen molar-refractivity contribution in [2.24, 2.45) is 5.73 Å². The largest absolute Gasteiger partial charge is 0.394 e. The molecule has 1 aliphatic rings. The van der Waals surface area contributed by atoms with Gasteiger partial charge < -0.3 is 30.5 Å². The molecule has 0 amide bonds. The van der Waals surface area contributed by atoms with Gasteiger partial charge in [0.15, 0.2) is 11.0 Å². The standard InChI is InChI=1S/C11H17N3O6S/c1-19-8(12)4-2-14(11(21)13-9(4)18)10-7(17)6(16)5(3-15)20-10/h2,5-8,10,15-17H,3,12H2,1H3,(H,13,18,21)/t5-,6?,7?,8?,10-/m0/s1. The minimum Gasteiger partial charge on any atom is -0.394 e. The molecule has 9 nitrogen and oxygen atoms in total. The summed E-state index contributed by atoms with van der Waals surface area (Å²) < 4.78 is 11.5. The zero-order valence-electron chi connectivity index (χ0n) is 11.2. The summed E-state index contributed by atoms with van der Waals surface area (Å²) in [5.74, 6) is 0. The van der Waals surface area contributed by atoms with Gasteiger partial charge in [-0.1, -0.05) is 0 Å². The van der Waals surface area contributed by atoms with Crippen molar-refractivity contribution in [2.45, 2.75) is 30.8 Å². The first-order valence-electron chi connectivity index (χ1n) is 6.17. The number of aliphatic hydroxyl groups is 3. The predicted molar refractivity (Wildman–Crippen MR) is 72.8 cm³/mol. The monoisotopic (exact) mass is 319 g/mol. The summed E-state index contributed by atoms with van der Waals surface area (Å²) in [5.41, 5.74) is 5.22. The van der Waals surface area contributed by atoms with Gasteiger partial charge in [-0.2, -0.15) is 0 Å². The Bertz CT molecular complexity index is 617. The quantitative estimate of drug-likeness (QED) is 0.320. The van der Waals surface area contributed by atoms with Crippen LogP contribution in [0.25, 0.3) is 0 Å². The van der Waals surface area contributed by atoms with E-state index in [4.69, 9.17) is 32.5 Å². The maximum absolute atomic E-state index is 11.8. The lowest BCUT2D eigenvalue weighted by Crippen LogP contribution is -2.34. The second-order valence-corrected chi connectivity index (χ2v) is 5.02. The molecule has 10 heteroatoms. The molecule has 2 rings (SSSR count). The van der Waals surface area contributed by atoms with Crippen LogP contribution in [0.2, 0.25) is 0 Å². The summed E-state index contributed by atoms with van der Waals surface area (Å²) in [7, 11) is 1.34. The summed E-state index contributed by atoms with van der Waals surface area (Å²) >= 11 is 5.02. The maximum Gasteiger partial charge on any atom is 0.258 e. The Kier molecular flexibility index (Phi) is 4.88. The van der Waals surface area contributed by atoms with Gasteiger partial charge in [-0.3, -0.25) is 14.3 Å². The van der Waals surface area contributed by atoms with Gasteiger partial charge in [0.1, 0.15) is 24.5 Å². The first-order valence-corrected chi connectivity index (χ1v) is 6.57. The SMILES string of the molecule is COC(N)c1cn([C@H]2O[C@@H](CO)C(O)C2O)c(=S)[nH]c1=O. The Morgan fingerprint density at radius 3 is 2.76 bits per heavy atom. The molecule has 0 spiro atoms. The lowest BCUT2D eigenvalue weighted by atomic mass is 10.1. The van der Waals surface area contributed by atoms with E-state index >= 15 is 0 Å². The molecule has 1 fully saturated rings. The number of H-pyrrole nitrogens is 1. The third-order valence-electron chi connectivity index (χ3n) is 3.35. The summed E-state index contributed by atoms with van der Waals surface area (Å²) in [4.78, 5) is 14.2. The number of aromatic amines is 1. The van der Waals surface area contributed by atoms with Crippen LogP contribution in [0.4, 0.5) is 0 Å². The van der Waals surface area contributed by atoms with Crippen molar-refractivity contribution in [3.05, 3.63) is 26.9 Å². The first-order chi connectivity index (χ1) is 9.90. The Hall–Kier alpha value is -1.14. The van der Waals surface area contributed by atoms with E-state index in [1.807, 2.05) is 0 Å². The smallest absolute Gasteiger partial charge is 0.258 e. The van der Waals surface area contributed by atoms with Crippen LogP contribution in [0.1, 0.15) is 18.0 Å². The van der Waals surface area contributed by atoms with Gasteiger partial charge in [0.2, 0.25) is 0 Å². The van der Waals surface area contributed by atoms with Crippen LogP contribution in [-0.4, -0.2) is 56.9 Å². The fourth-order valence-corrected chi connectivity index (χ4v) is 2.38. The molecule has 0 radical (unpaired) electrons. The van der Waals surface area contributed by atoms with Crippen molar-refractivity contribution in [3.63, 3.8) is 0 Å². The second-order valence-electron chi connectivity index (χ2n) is 4.64. The Labute approximate surface area is 124 Å². The predicted octanol–water partition coefficient (Wildman–Crippen LogP) is -1.88. The van der Waals surface area contributed by atoms with Crippen molar-refractivity contribution < 1.29 is 24.8 Å². The molecule has 118 valence electrons. The van der Waals surface area contributed by atoms with Gasteiger partial charge >= 0.3 is 0 Å². The lowest BCUT2D eigenvalue weighted by molar-refractivity contribution is -0.0545. The number of hydrogen-bond donors (Lipinski definition) is 5. The number of nitrogens with one attached hydrogen (secondary N) is 1. The molecule has 1 aromatic rings. The average molecular weight is 319 g/mol. The Balaban J connectivity index is 2.45. The molecule has 21 heavy (non-hydrogen) atoms. The molecule has 3 unspecified atom stereocenters.